The minimum absolute atomic E-state index is 0. The molecule has 1 heterocycles. The summed E-state index contributed by atoms with van der Waals surface area (Å²) >= 11 is 0. The third kappa shape index (κ3) is 4.11. The minimum Gasteiger partial charge on any atom is -0.356 e. The zero-order chi connectivity index (χ0) is 10.7. The Hall–Kier alpha value is 0. The molecular formula is C12H24IN3. The van der Waals surface area contributed by atoms with Crippen molar-refractivity contribution in [3.05, 3.63) is 0 Å². The summed E-state index contributed by atoms with van der Waals surface area (Å²) in [6.07, 6.45) is 5.43. The lowest BCUT2D eigenvalue weighted by atomic mass is 10.00. The average Bonchev–Trinajstić information content (AvgIpc) is 3.05. The topological polar surface area (TPSA) is 27.6 Å². The summed E-state index contributed by atoms with van der Waals surface area (Å²) in [6, 6.07) is 0. The average molecular weight is 337 g/mol. The molecule has 1 saturated heterocycles. The van der Waals surface area contributed by atoms with Gasteiger partial charge in [0.15, 0.2) is 5.96 Å². The number of likely N-dealkylation sites (tertiary alicyclic amines) is 1. The largest absolute Gasteiger partial charge is 0.356 e. The maximum atomic E-state index is 4.37. The molecule has 0 bridgehead atoms. The summed E-state index contributed by atoms with van der Waals surface area (Å²) in [5, 5.41) is 3.49. The van der Waals surface area contributed by atoms with E-state index in [9.17, 15) is 0 Å². The van der Waals surface area contributed by atoms with Crippen molar-refractivity contribution in [2.24, 2.45) is 16.8 Å². The van der Waals surface area contributed by atoms with Gasteiger partial charge in [-0.1, -0.05) is 6.92 Å². The van der Waals surface area contributed by atoms with Gasteiger partial charge >= 0.3 is 0 Å². The molecule has 3 nitrogen and oxygen atoms in total. The number of piperidine rings is 1. The van der Waals surface area contributed by atoms with Crippen LogP contribution in [0.3, 0.4) is 0 Å². The van der Waals surface area contributed by atoms with Crippen molar-refractivity contribution in [2.75, 3.05) is 26.7 Å². The Bertz CT molecular complexity index is 230. The van der Waals surface area contributed by atoms with Gasteiger partial charge in [-0.2, -0.15) is 0 Å². The molecule has 0 aromatic heterocycles. The van der Waals surface area contributed by atoms with Crippen LogP contribution < -0.4 is 5.32 Å². The van der Waals surface area contributed by atoms with Crippen molar-refractivity contribution >= 4 is 29.9 Å². The number of nitrogens with one attached hydrogen (secondary N) is 1. The molecule has 0 amide bonds. The third-order valence-electron chi connectivity index (χ3n) is 3.54. The lowest BCUT2D eigenvalue weighted by Gasteiger charge is -2.32. The van der Waals surface area contributed by atoms with Crippen LogP contribution in [0.2, 0.25) is 0 Å². The molecule has 0 radical (unpaired) electrons. The first-order valence-corrected chi connectivity index (χ1v) is 6.25. The normalized spacial score (nSPS) is 22.9. The molecule has 0 unspecified atom stereocenters. The van der Waals surface area contributed by atoms with E-state index >= 15 is 0 Å². The van der Waals surface area contributed by atoms with Gasteiger partial charge in [-0.15, -0.1) is 24.0 Å². The second kappa shape index (κ2) is 6.67. The predicted octanol–water partition coefficient (Wildman–Crippen LogP) is 2.32. The Balaban J connectivity index is 0.00000128. The van der Waals surface area contributed by atoms with E-state index in [0.717, 1.165) is 24.3 Å². The molecule has 1 N–H and O–H groups in total. The summed E-state index contributed by atoms with van der Waals surface area (Å²) in [7, 11) is 1.90. The molecule has 1 aliphatic carbocycles. The zero-order valence-corrected chi connectivity index (χ0v) is 12.7. The van der Waals surface area contributed by atoms with Crippen LogP contribution in [-0.4, -0.2) is 37.5 Å². The van der Waals surface area contributed by atoms with Crippen LogP contribution in [-0.2, 0) is 0 Å². The number of guanidine groups is 1. The Labute approximate surface area is 116 Å². The van der Waals surface area contributed by atoms with Gasteiger partial charge in [0.05, 0.1) is 0 Å². The minimum atomic E-state index is 0. The van der Waals surface area contributed by atoms with E-state index in [1.54, 1.807) is 0 Å². The number of rotatable bonds is 2. The Morgan fingerprint density at radius 3 is 2.38 bits per heavy atom. The highest BCUT2D eigenvalue weighted by molar-refractivity contribution is 14.0. The van der Waals surface area contributed by atoms with Gasteiger partial charge in [0.25, 0.3) is 0 Å². The highest BCUT2D eigenvalue weighted by Gasteiger charge is 2.23. The summed E-state index contributed by atoms with van der Waals surface area (Å²) < 4.78 is 0. The lowest BCUT2D eigenvalue weighted by Crippen LogP contribution is -2.45. The molecule has 0 atom stereocenters. The second-order valence-electron chi connectivity index (χ2n) is 5.04. The van der Waals surface area contributed by atoms with E-state index in [1.165, 1.54) is 38.8 Å². The van der Waals surface area contributed by atoms with Crippen LogP contribution in [0.15, 0.2) is 4.99 Å². The number of aliphatic imine (C=N–C) groups is 1. The van der Waals surface area contributed by atoms with E-state index in [0.29, 0.717) is 0 Å². The molecule has 4 heteroatoms. The van der Waals surface area contributed by atoms with Gasteiger partial charge in [-0.05, 0) is 37.5 Å². The van der Waals surface area contributed by atoms with Gasteiger partial charge in [0.1, 0.15) is 0 Å². The summed E-state index contributed by atoms with van der Waals surface area (Å²) in [6.45, 7) is 5.81. The molecule has 94 valence electrons. The summed E-state index contributed by atoms with van der Waals surface area (Å²) in [5.41, 5.74) is 0. The van der Waals surface area contributed by atoms with E-state index in [1.807, 2.05) is 7.05 Å². The monoisotopic (exact) mass is 337 g/mol. The van der Waals surface area contributed by atoms with Gasteiger partial charge in [0.2, 0.25) is 0 Å². The second-order valence-corrected chi connectivity index (χ2v) is 5.04. The molecule has 2 aliphatic rings. The number of hydrogen-bond donors (Lipinski definition) is 1. The van der Waals surface area contributed by atoms with Crippen molar-refractivity contribution in [3.63, 3.8) is 0 Å². The van der Waals surface area contributed by atoms with Crippen LogP contribution in [0.25, 0.3) is 0 Å². The highest BCUT2D eigenvalue weighted by atomic mass is 127. The molecule has 1 aliphatic heterocycles. The molecule has 0 aromatic carbocycles. The van der Waals surface area contributed by atoms with Crippen molar-refractivity contribution in [1.82, 2.24) is 10.2 Å². The molecule has 0 aromatic rings. The van der Waals surface area contributed by atoms with Crippen LogP contribution in [0.4, 0.5) is 0 Å². The number of nitrogens with zero attached hydrogens (tertiary/aromatic N) is 2. The van der Waals surface area contributed by atoms with E-state index in [4.69, 9.17) is 0 Å². The Kier molecular flexibility index (Phi) is 5.86. The molecule has 2 rings (SSSR count). The Morgan fingerprint density at radius 2 is 1.88 bits per heavy atom. The molecule has 16 heavy (non-hydrogen) atoms. The van der Waals surface area contributed by atoms with Crippen molar-refractivity contribution in [3.8, 4) is 0 Å². The fourth-order valence-corrected chi connectivity index (χ4v) is 2.11. The molecule has 1 saturated carbocycles. The van der Waals surface area contributed by atoms with Crippen LogP contribution in [0, 0.1) is 11.8 Å². The van der Waals surface area contributed by atoms with Gasteiger partial charge < -0.3 is 10.2 Å². The van der Waals surface area contributed by atoms with Gasteiger partial charge in [0, 0.05) is 26.7 Å². The van der Waals surface area contributed by atoms with Crippen LogP contribution >= 0.6 is 24.0 Å². The van der Waals surface area contributed by atoms with Crippen molar-refractivity contribution in [1.29, 1.82) is 0 Å². The maximum absolute atomic E-state index is 4.37. The first kappa shape index (κ1) is 14.1. The standard InChI is InChI=1S/C12H23N3.HI/c1-10-5-7-15(8-6-10)12(13-2)14-9-11-3-4-11;/h10-11H,3-9H2,1-2H3,(H,13,14);1H. The van der Waals surface area contributed by atoms with E-state index in [-0.39, 0.29) is 24.0 Å². The zero-order valence-electron chi connectivity index (χ0n) is 10.4. The Morgan fingerprint density at radius 1 is 1.25 bits per heavy atom. The molecule has 2 fully saturated rings. The number of hydrogen-bond acceptors (Lipinski definition) is 1. The number of halogens is 1. The quantitative estimate of drug-likeness (QED) is 0.476. The lowest BCUT2D eigenvalue weighted by molar-refractivity contribution is 0.273. The van der Waals surface area contributed by atoms with Crippen molar-refractivity contribution in [2.45, 2.75) is 32.6 Å². The first-order chi connectivity index (χ1) is 7.29. The van der Waals surface area contributed by atoms with Gasteiger partial charge in [-0.3, -0.25) is 4.99 Å². The molecule has 0 spiro atoms. The third-order valence-corrected chi connectivity index (χ3v) is 3.54. The fourth-order valence-electron chi connectivity index (χ4n) is 2.11. The smallest absolute Gasteiger partial charge is 0.193 e. The SMILES string of the molecule is CN=C(NCC1CC1)N1CCC(C)CC1.I. The van der Waals surface area contributed by atoms with E-state index < -0.39 is 0 Å². The van der Waals surface area contributed by atoms with Crippen molar-refractivity contribution < 1.29 is 0 Å². The van der Waals surface area contributed by atoms with Crippen LogP contribution in [0.5, 0.6) is 0 Å². The van der Waals surface area contributed by atoms with Gasteiger partial charge in [-0.25, -0.2) is 0 Å². The molecular weight excluding hydrogens is 313 g/mol. The van der Waals surface area contributed by atoms with E-state index in [2.05, 4.69) is 22.1 Å². The summed E-state index contributed by atoms with van der Waals surface area (Å²) in [5.74, 6) is 2.93. The fraction of sp³-hybridized carbons (Fsp3) is 0.917. The van der Waals surface area contributed by atoms with Crippen LogP contribution in [0.1, 0.15) is 32.6 Å². The first-order valence-electron chi connectivity index (χ1n) is 6.25. The highest BCUT2D eigenvalue weighted by Crippen LogP contribution is 2.27. The predicted molar refractivity (Wildman–Crippen MR) is 79.5 cm³/mol. The maximum Gasteiger partial charge on any atom is 0.193 e. The summed E-state index contributed by atoms with van der Waals surface area (Å²) in [4.78, 5) is 6.77.